The maximum Gasteiger partial charge on any atom is 0.312 e. The number of nitrogens with one attached hydrogen (secondary N) is 1. The molecule has 1 amide bonds. The first-order valence-corrected chi connectivity index (χ1v) is 8.81. The lowest BCUT2D eigenvalue weighted by molar-refractivity contribution is -0.385. The highest BCUT2D eigenvalue weighted by molar-refractivity contribution is 9.11. The van der Waals surface area contributed by atoms with E-state index in [0.717, 1.165) is 6.07 Å². The van der Waals surface area contributed by atoms with Crippen LogP contribution in [0.5, 0.6) is 11.5 Å². The minimum atomic E-state index is -0.658. The Labute approximate surface area is 169 Å². The number of phenols is 1. The predicted octanol–water partition coefficient (Wildman–Crippen LogP) is 4.01. The van der Waals surface area contributed by atoms with Crippen LogP contribution in [0.2, 0.25) is 5.02 Å². The number of carbonyl (C=O) groups excluding carboxylic acids is 1. The number of hydrogen-bond acceptors (Lipinski definition) is 6. The van der Waals surface area contributed by atoms with Gasteiger partial charge in [-0.2, -0.15) is 5.10 Å². The van der Waals surface area contributed by atoms with Crippen LogP contribution in [0.15, 0.2) is 44.4 Å². The number of hydrazone groups is 1. The third kappa shape index (κ3) is 5.41. The number of nitro groups is 1. The summed E-state index contributed by atoms with van der Waals surface area (Å²) in [5.41, 5.74) is 2.40. The average Bonchev–Trinajstić information content (AvgIpc) is 2.58. The lowest BCUT2D eigenvalue weighted by Crippen LogP contribution is -2.24. The van der Waals surface area contributed by atoms with E-state index in [1.807, 2.05) is 0 Å². The fourth-order valence-corrected chi connectivity index (χ4v) is 3.02. The second-order valence-corrected chi connectivity index (χ2v) is 6.92. The van der Waals surface area contributed by atoms with Crippen molar-refractivity contribution in [1.82, 2.24) is 5.43 Å². The van der Waals surface area contributed by atoms with Crippen molar-refractivity contribution in [3.63, 3.8) is 0 Å². The van der Waals surface area contributed by atoms with Crippen LogP contribution in [-0.4, -0.2) is 28.8 Å². The largest absolute Gasteiger partial charge is 0.507 e. The Balaban J connectivity index is 1.96. The number of nitrogens with zero attached hydrogens (tertiary/aromatic N) is 2. The zero-order valence-electron chi connectivity index (χ0n) is 12.8. The van der Waals surface area contributed by atoms with E-state index in [1.165, 1.54) is 24.4 Å². The van der Waals surface area contributed by atoms with E-state index in [0.29, 0.717) is 14.5 Å². The predicted molar refractivity (Wildman–Crippen MR) is 103 cm³/mol. The number of carbonyl (C=O) groups is 1. The summed E-state index contributed by atoms with van der Waals surface area (Å²) in [6, 6.07) is 6.92. The Morgan fingerprint density at radius 2 is 2.08 bits per heavy atom. The molecule has 0 aliphatic carbocycles. The van der Waals surface area contributed by atoms with Gasteiger partial charge in [-0.3, -0.25) is 14.9 Å². The van der Waals surface area contributed by atoms with Crippen molar-refractivity contribution in [2.75, 3.05) is 6.61 Å². The Morgan fingerprint density at radius 1 is 1.35 bits per heavy atom. The Bertz CT molecular complexity index is 892. The maximum atomic E-state index is 11.7. The molecule has 0 heterocycles. The minimum absolute atomic E-state index is 0.0133. The molecule has 0 bridgehead atoms. The summed E-state index contributed by atoms with van der Waals surface area (Å²) in [5.74, 6) is -0.693. The molecule has 0 fully saturated rings. The number of nitro benzene ring substituents is 1. The summed E-state index contributed by atoms with van der Waals surface area (Å²) in [5, 5.41) is 24.5. The van der Waals surface area contributed by atoms with Crippen molar-refractivity contribution in [2.24, 2.45) is 5.10 Å². The molecule has 0 aromatic heterocycles. The van der Waals surface area contributed by atoms with Gasteiger partial charge in [-0.05, 0) is 40.2 Å². The van der Waals surface area contributed by atoms with Gasteiger partial charge in [0.1, 0.15) is 5.75 Å². The Morgan fingerprint density at radius 3 is 2.77 bits per heavy atom. The molecule has 0 spiro atoms. The van der Waals surface area contributed by atoms with Crippen LogP contribution in [0.3, 0.4) is 0 Å². The van der Waals surface area contributed by atoms with Crippen LogP contribution >= 0.6 is 43.5 Å². The maximum absolute atomic E-state index is 11.7. The van der Waals surface area contributed by atoms with E-state index in [1.54, 1.807) is 6.07 Å². The molecule has 0 aliphatic heterocycles. The number of halogens is 3. The van der Waals surface area contributed by atoms with Gasteiger partial charge in [0, 0.05) is 21.1 Å². The van der Waals surface area contributed by atoms with Gasteiger partial charge in [0.25, 0.3) is 5.91 Å². The number of phenolic OH excluding ortho intramolecular Hbond substituents is 1. The first-order chi connectivity index (χ1) is 12.3. The molecule has 0 radical (unpaired) electrons. The molecule has 2 N–H and O–H groups in total. The average molecular weight is 508 g/mol. The first-order valence-electron chi connectivity index (χ1n) is 6.84. The molecule has 2 aromatic rings. The van der Waals surface area contributed by atoms with Crippen molar-refractivity contribution in [2.45, 2.75) is 0 Å². The molecule has 0 aliphatic rings. The lowest BCUT2D eigenvalue weighted by atomic mass is 10.2. The molecule has 136 valence electrons. The second-order valence-electron chi connectivity index (χ2n) is 4.78. The molecule has 0 atom stereocenters. The smallest absolute Gasteiger partial charge is 0.312 e. The van der Waals surface area contributed by atoms with Crippen molar-refractivity contribution in [1.29, 1.82) is 0 Å². The van der Waals surface area contributed by atoms with Crippen LogP contribution in [0.25, 0.3) is 0 Å². The standard InChI is InChI=1S/C15H10Br2ClN3O5/c16-10-5-11(17)13(22)3-8(10)6-19-20-15(23)7-26-14-2-1-9(18)4-12(14)21(24)25/h1-6,22H,7H2,(H,20,23)/b19-6+. The topological polar surface area (TPSA) is 114 Å². The molecular weight excluding hydrogens is 497 g/mol. The molecular formula is C15H10Br2ClN3O5. The highest BCUT2D eigenvalue weighted by atomic mass is 79.9. The number of ether oxygens (including phenoxy) is 1. The highest BCUT2D eigenvalue weighted by Crippen LogP contribution is 2.30. The second kappa shape index (κ2) is 8.97. The Kier molecular flexibility index (Phi) is 6.95. The quantitative estimate of drug-likeness (QED) is 0.348. The summed E-state index contributed by atoms with van der Waals surface area (Å²) in [4.78, 5) is 22.0. The van der Waals surface area contributed by atoms with Crippen molar-refractivity contribution in [3.05, 3.63) is 60.0 Å². The minimum Gasteiger partial charge on any atom is -0.507 e. The summed E-state index contributed by atoms with van der Waals surface area (Å²) >= 11 is 12.2. The van der Waals surface area contributed by atoms with Gasteiger partial charge >= 0.3 is 5.69 Å². The van der Waals surface area contributed by atoms with Crippen LogP contribution < -0.4 is 10.2 Å². The lowest BCUT2D eigenvalue weighted by Gasteiger charge is -2.06. The molecule has 11 heteroatoms. The van der Waals surface area contributed by atoms with E-state index >= 15 is 0 Å². The number of amides is 1. The van der Waals surface area contributed by atoms with Gasteiger partial charge in [0.15, 0.2) is 12.4 Å². The van der Waals surface area contributed by atoms with Crippen LogP contribution in [0.4, 0.5) is 5.69 Å². The SMILES string of the molecule is O=C(COc1ccc(Cl)cc1[N+](=O)[O-])N/N=C/c1cc(O)c(Br)cc1Br. The number of rotatable bonds is 6. The summed E-state index contributed by atoms with van der Waals surface area (Å²) < 4.78 is 6.28. The normalized spacial score (nSPS) is 10.7. The van der Waals surface area contributed by atoms with Gasteiger partial charge < -0.3 is 9.84 Å². The van der Waals surface area contributed by atoms with E-state index < -0.39 is 17.4 Å². The summed E-state index contributed by atoms with van der Waals surface area (Å²) in [7, 11) is 0. The molecule has 2 aromatic carbocycles. The fraction of sp³-hybridized carbons (Fsp3) is 0.0667. The molecule has 26 heavy (non-hydrogen) atoms. The van der Waals surface area contributed by atoms with Crippen molar-refractivity contribution >= 4 is 61.3 Å². The Hall–Kier alpha value is -2.17. The third-order valence-corrected chi connectivity index (χ3v) is 4.49. The monoisotopic (exact) mass is 505 g/mol. The number of aromatic hydroxyl groups is 1. The van der Waals surface area contributed by atoms with Gasteiger partial charge in [0.05, 0.1) is 15.6 Å². The molecule has 8 nitrogen and oxygen atoms in total. The zero-order chi connectivity index (χ0) is 19.3. The van der Waals surface area contributed by atoms with Crippen LogP contribution in [-0.2, 0) is 4.79 Å². The number of hydrogen-bond donors (Lipinski definition) is 2. The van der Waals surface area contributed by atoms with Crippen molar-refractivity contribution < 1.29 is 19.6 Å². The van der Waals surface area contributed by atoms with Crippen LogP contribution in [0.1, 0.15) is 5.56 Å². The van der Waals surface area contributed by atoms with Gasteiger partial charge in [-0.1, -0.05) is 27.5 Å². The fourth-order valence-electron chi connectivity index (χ4n) is 1.76. The van der Waals surface area contributed by atoms with Gasteiger partial charge in [-0.25, -0.2) is 5.43 Å². The summed E-state index contributed by atoms with van der Waals surface area (Å²) in [6.45, 7) is -0.480. The van der Waals surface area contributed by atoms with Crippen molar-refractivity contribution in [3.8, 4) is 11.5 Å². The number of benzene rings is 2. The van der Waals surface area contributed by atoms with Crippen LogP contribution in [0, 0.1) is 10.1 Å². The summed E-state index contributed by atoms with van der Waals surface area (Å²) in [6.07, 6.45) is 1.32. The zero-order valence-corrected chi connectivity index (χ0v) is 16.7. The van der Waals surface area contributed by atoms with Gasteiger partial charge in [-0.15, -0.1) is 0 Å². The van der Waals surface area contributed by atoms with E-state index in [9.17, 15) is 20.0 Å². The highest BCUT2D eigenvalue weighted by Gasteiger charge is 2.16. The molecule has 0 saturated carbocycles. The van der Waals surface area contributed by atoms with Gasteiger partial charge in [0.2, 0.25) is 0 Å². The van der Waals surface area contributed by atoms with E-state index in [2.05, 4.69) is 42.4 Å². The molecule has 0 saturated heterocycles. The van der Waals surface area contributed by atoms with E-state index in [4.69, 9.17) is 16.3 Å². The molecule has 2 rings (SSSR count). The third-order valence-electron chi connectivity index (χ3n) is 2.94. The first kappa shape index (κ1) is 20.1. The molecule has 0 unspecified atom stereocenters. The van der Waals surface area contributed by atoms with E-state index in [-0.39, 0.29) is 22.2 Å².